The molecule has 1 atom stereocenters. The number of amides is 2. The van der Waals surface area contributed by atoms with Crippen molar-refractivity contribution >= 4 is 11.7 Å². The minimum Gasteiger partial charge on any atom is -0.335 e. The first-order valence-corrected chi connectivity index (χ1v) is 5.77. The molecule has 4 N–H and O–H groups in total. The van der Waals surface area contributed by atoms with E-state index in [1.165, 1.54) is 12.1 Å². The molecule has 1 unspecified atom stereocenters. The molecule has 1 rings (SSSR count). The Morgan fingerprint density at radius 3 is 2.37 bits per heavy atom. The zero-order valence-electron chi connectivity index (χ0n) is 10.4. The summed E-state index contributed by atoms with van der Waals surface area (Å²) < 4.78 is 37.0. The van der Waals surface area contributed by atoms with Crippen LogP contribution in [-0.4, -0.2) is 18.6 Å². The van der Waals surface area contributed by atoms with Gasteiger partial charge in [-0.2, -0.15) is 13.2 Å². The van der Waals surface area contributed by atoms with Crippen LogP contribution in [0.1, 0.15) is 18.9 Å². The lowest BCUT2D eigenvalue weighted by Crippen LogP contribution is -2.37. The van der Waals surface area contributed by atoms with Crippen LogP contribution in [0.15, 0.2) is 24.3 Å². The summed E-state index contributed by atoms with van der Waals surface area (Å²) in [6.45, 7) is 2.24. The van der Waals surface area contributed by atoms with E-state index in [4.69, 9.17) is 5.73 Å². The molecular formula is C12H16F3N3O. The maximum Gasteiger partial charge on any atom is 0.416 e. The number of carbonyl (C=O) groups excluding carboxylic acids is 1. The van der Waals surface area contributed by atoms with Gasteiger partial charge in [0, 0.05) is 11.7 Å². The SMILES string of the molecule is CC(CCN)NC(=O)Nc1ccc(C(F)(F)F)cc1. The number of nitrogens with two attached hydrogens (primary N) is 1. The highest BCUT2D eigenvalue weighted by Crippen LogP contribution is 2.29. The van der Waals surface area contributed by atoms with E-state index in [1.54, 1.807) is 6.92 Å². The van der Waals surface area contributed by atoms with Gasteiger partial charge in [0.1, 0.15) is 0 Å². The number of carbonyl (C=O) groups is 1. The van der Waals surface area contributed by atoms with Gasteiger partial charge in [0.25, 0.3) is 0 Å². The first kappa shape index (κ1) is 15.3. The lowest BCUT2D eigenvalue weighted by Gasteiger charge is -2.14. The van der Waals surface area contributed by atoms with Crippen LogP contribution in [0.25, 0.3) is 0 Å². The van der Waals surface area contributed by atoms with E-state index in [9.17, 15) is 18.0 Å². The number of rotatable bonds is 4. The molecule has 0 radical (unpaired) electrons. The lowest BCUT2D eigenvalue weighted by molar-refractivity contribution is -0.137. The Kier molecular flexibility index (Phi) is 5.17. The van der Waals surface area contributed by atoms with Crippen LogP contribution < -0.4 is 16.4 Å². The molecule has 0 heterocycles. The molecular weight excluding hydrogens is 259 g/mol. The third-order valence-electron chi connectivity index (χ3n) is 2.45. The molecule has 1 aromatic carbocycles. The molecule has 2 amide bonds. The molecule has 0 aliphatic heterocycles. The Labute approximate surface area is 109 Å². The molecule has 0 aliphatic carbocycles. The Morgan fingerprint density at radius 2 is 1.89 bits per heavy atom. The zero-order valence-corrected chi connectivity index (χ0v) is 10.4. The second-order valence-electron chi connectivity index (χ2n) is 4.15. The van der Waals surface area contributed by atoms with E-state index in [1.807, 2.05) is 0 Å². The topological polar surface area (TPSA) is 67.1 Å². The van der Waals surface area contributed by atoms with Gasteiger partial charge >= 0.3 is 12.2 Å². The molecule has 0 fully saturated rings. The maximum atomic E-state index is 12.3. The molecule has 0 aromatic heterocycles. The Hall–Kier alpha value is -1.76. The van der Waals surface area contributed by atoms with Gasteiger partial charge in [0.15, 0.2) is 0 Å². The van der Waals surface area contributed by atoms with E-state index in [-0.39, 0.29) is 6.04 Å². The van der Waals surface area contributed by atoms with Crippen molar-refractivity contribution in [1.29, 1.82) is 0 Å². The van der Waals surface area contributed by atoms with Gasteiger partial charge in [0.05, 0.1) is 5.56 Å². The summed E-state index contributed by atoms with van der Waals surface area (Å²) in [6.07, 6.45) is -3.75. The molecule has 4 nitrogen and oxygen atoms in total. The number of urea groups is 1. The van der Waals surface area contributed by atoms with Crippen LogP contribution in [0.3, 0.4) is 0 Å². The highest BCUT2D eigenvalue weighted by molar-refractivity contribution is 5.89. The van der Waals surface area contributed by atoms with Gasteiger partial charge in [-0.15, -0.1) is 0 Å². The molecule has 7 heteroatoms. The van der Waals surface area contributed by atoms with Crippen LogP contribution in [0.2, 0.25) is 0 Å². The summed E-state index contributed by atoms with van der Waals surface area (Å²) in [5.74, 6) is 0. The summed E-state index contributed by atoms with van der Waals surface area (Å²) in [5.41, 5.74) is 4.88. The minimum atomic E-state index is -4.38. The second kappa shape index (κ2) is 6.42. The van der Waals surface area contributed by atoms with E-state index in [0.717, 1.165) is 12.1 Å². The number of benzene rings is 1. The zero-order chi connectivity index (χ0) is 14.5. The molecule has 106 valence electrons. The van der Waals surface area contributed by atoms with Gasteiger partial charge in [-0.3, -0.25) is 0 Å². The van der Waals surface area contributed by atoms with Crippen LogP contribution in [-0.2, 0) is 6.18 Å². The fourth-order valence-electron chi connectivity index (χ4n) is 1.46. The molecule has 0 spiro atoms. The third kappa shape index (κ3) is 5.17. The third-order valence-corrected chi connectivity index (χ3v) is 2.45. The number of nitrogens with one attached hydrogen (secondary N) is 2. The average molecular weight is 275 g/mol. The summed E-state index contributed by atoms with van der Waals surface area (Å²) in [5, 5.41) is 5.07. The standard InChI is InChI=1S/C12H16F3N3O/c1-8(6-7-16)17-11(19)18-10-4-2-9(3-5-10)12(13,14)15/h2-5,8H,6-7,16H2,1H3,(H2,17,18,19). The maximum absolute atomic E-state index is 12.3. The van der Waals surface area contributed by atoms with Crippen molar-refractivity contribution in [3.05, 3.63) is 29.8 Å². The van der Waals surface area contributed by atoms with E-state index in [2.05, 4.69) is 10.6 Å². The van der Waals surface area contributed by atoms with Gasteiger partial charge in [-0.05, 0) is 44.2 Å². The van der Waals surface area contributed by atoms with Crippen molar-refractivity contribution < 1.29 is 18.0 Å². The van der Waals surface area contributed by atoms with Crippen molar-refractivity contribution in [2.75, 3.05) is 11.9 Å². The number of halogens is 3. The lowest BCUT2D eigenvalue weighted by atomic mass is 10.2. The van der Waals surface area contributed by atoms with Crippen molar-refractivity contribution in [2.24, 2.45) is 5.73 Å². The van der Waals surface area contributed by atoms with Crippen molar-refractivity contribution in [1.82, 2.24) is 5.32 Å². The fourth-order valence-corrected chi connectivity index (χ4v) is 1.46. The predicted molar refractivity (Wildman–Crippen MR) is 66.7 cm³/mol. The van der Waals surface area contributed by atoms with Crippen LogP contribution in [0, 0.1) is 0 Å². The largest absolute Gasteiger partial charge is 0.416 e. The first-order chi connectivity index (χ1) is 8.82. The molecule has 19 heavy (non-hydrogen) atoms. The van der Waals surface area contributed by atoms with Crippen LogP contribution >= 0.6 is 0 Å². The fraction of sp³-hybridized carbons (Fsp3) is 0.417. The molecule has 0 saturated heterocycles. The highest BCUT2D eigenvalue weighted by Gasteiger charge is 2.29. The smallest absolute Gasteiger partial charge is 0.335 e. The Balaban J connectivity index is 2.56. The van der Waals surface area contributed by atoms with Gasteiger partial charge in [-0.1, -0.05) is 0 Å². The Bertz CT molecular complexity index is 417. The van der Waals surface area contributed by atoms with E-state index < -0.39 is 17.8 Å². The minimum absolute atomic E-state index is 0.0977. The Morgan fingerprint density at radius 1 is 1.32 bits per heavy atom. The van der Waals surface area contributed by atoms with Crippen molar-refractivity contribution in [3.63, 3.8) is 0 Å². The molecule has 0 aliphatic rings. The number of alkyl halides is 3. The number of anilines is 1. The first-order valence-electron chi connectivity index (χ1n) is 5.77. The van der Waals surface area contributed by atoms with Crippen LogP contribution in [0.5, 0.6) is 0 Å². The summed E-state index contributed by atoms with van der Waals surface area (Å²) in [4.78, 5) is 11.5. The van der Waals surface area contributed by atoms with E-state index in [0.29, 0.717) is 18.7 Å². The van der Waals surface area contributed by atoms with Gasteiger partial charge in [0.2, 0.25) is 0 Å². The molecule has 1 aromatic rings. The normalized spacial score (nSPS) is 12.9. The predicted octanol–water partition coefficient (Wildman–Crippen LogP) is 2.56. The monoisotopic (exact) mass is 275 g/mol. The van der Waals surface area contributed by atoms with Crippen molar-refractivity contribution in [2.45, 2.75) is 25.6 Å². The quantitative estimate of drug-likeness (QED) is 0.790. The van der Waals surface area contributed by atoms with E-state index >= 15 is 0 Å². The van der Waals surface area contributed by atoms with Crippen LogP contribution in [0.4, 0.5) is 23.7 Å². The molecule has 0 bridgehead atoms. The van der Waals surface area contributed by atoms with Crippen molar-refractivity contribution in [3.8, 4) is 0 Å². The number of hydrogen-bond donors (Lipinski definition) is 3. The summed E-state index contributed by atoms with van der Waals surface area (Å²) in [6, 6.07) is 3.67. The highest BCUT2D eigenvalue weighted by atomic mass is 19.4. The number of hydrogen-bond acceptors (Lipinski definition) is 2. The van der Waals surface area contributed by atoms with Gasteiger partial charge in [-0.25, -0.2) is 4.79 Å². The summed E-state index contributed by atoms with van der Waals surface area (Å²) in [7, 11) is 0. The molecule has 0 saturated carbocycles. The summed E-state index contributed by atoms with van der Waals surface area (Å²) >= 11 is 0. The van der Waals surface area contributed by atoms with Gasteiger partial charge < -0.3 is 16.4 Å². The second-order valence-corrected chi connectivity index (χ2v) is 4.15. The average Bonchev–Trinajstić information content (AvgIpc) is 2.28.